The number of oxazole rings is 1. The summed E-state index contributed by atoms with van der Waals surface area (Å²) in [5.41, 5.74) is 1.09. The SMILES string of the molecule is CCOC(=O)[C@@H]1CCc2sc(NC(=O)c3coc(NC(=O)c4ccccc4)n3)nc21. The summed E-state index contributed by atoms with van der Waals surface area (Å²) in [4.78, 5) is 46.0. The molecule has 0 bridgehead atoms. The van der Waals surface area contributed by atoms with E-state index in [-0.39, 0.29) is 17.7 Å². The highest BCUT2D eigenvalue weighted by Gasteiger charge is 2.34. The molecule has 2 aromatic heterocycles. The molecule has 0 saturated heterocycles. The summed E-state index contributed by atoms with van der Waals surface area (Å²) in [7, 11) is 0. The van der Waals surface area contributed by atoms with Gasteiger partial charge < -0.3 is 9.15 Å². The number of aryl methyl sites for hydroxylation is 1. The molecule has 30 heavy (non-hydrogen) atoms. The third-order valence-corrected chi connectivity index (χ3v) is 5.55. The molecule has 10 heteroatoms. The minimum Gasteiger partial charge on any atom is -0.465 e. The van der Waals surface area contributed by atoms with Gasteiger partial charge in [0.15, 0.2) is 10.8 Å². The van der Waals surface area contributed by atoms with Crippen LogP contribution >= 0.6 is 11.3 Å². The largest absolute Gasteiger partial charge is 0.465 e. The van der Waals surface area contributed by atoms with E-state index < -0.39 is 17.7 Å². The average Bonchev–Trinajstić information content (AvgIpc) is 3.44. The third kappa shape index (κ3) is 4.08. The van der Waals surface area contributed by atoms with Crippen molar-refractivity contribution in [2.24, 2.45) is 0 Å². The van der Waals surface area contributed by atoms with Gasteiger partial charge in [0.2, 0.25) is 0 Å². The zero-order valence-electron chi connectivity index (χ0n) is 16.0. The fraction of sp³-hybridized carbons (Fsp3) is 0.250. The molecule has 0 fully saturated rings. The Labute approximate surface area is 175 Å². The first-order chi connectivity index (χ1) is 14.5. The first-order valence-electron chi connectivity index (χ1n) is 9.34. The summed E-state index contributed by atoms with van der Waals surface area (Å²) >= 11 is 1.32. The predicted molar refractivity (Wildman–Crippen MR) is 109 cm³/mol. The van der Waals surface area contributed by atoms with E-state index >= 15 is 0 Å². The van der Waals surface area contributed by atoms with Gasteiger partial charge in [0.25, 0.3) is 11.8 Å². The summed E-state index contributed by atoms with van der Waals surface area (Å²) in [5, 5.41) is 5.53. The lowest BCUT2D eigenvalue weighted by atomic mass is 10.1. The van der Waals surface area contributed by atoms with Crippen molar-refractivity contribution in [3.63, 3.8) is 0 Å². The van der Waals surface area contributed by atoms with Crippen LogP contribution in [0.15, 0.2) is 41.0 Å². The highest BCUT2D eigenvalue weighted by Crippen LogP contribution is 2.39. The molecule has 0 unspecified atom stereocenters. The van der Waals surface area contributed by atoms with E-state index in [0.29, 0.717) is 35.8 Å². The number of esters is 1. The summed E-state index contributed by atoms with van der Waals surface area (Å²) < 4.78 is 10.3. The molecule has 2 amide bonds. The number of thiazole rings is 1. The minimum absolute atomic E-state index is 0.00401. The van der Waals surface area contributed by atoms with E-state index in [1.807, 2.05) is 0 Å². The molecule has 2 heterocycles. The summed E-state index contributed by atoms with van der Waals surface area (Å²) in [5.74, 6) is -1.62. The molecule has 9 nitrogen and oxygen atoms in total. The van der Waals surface area contributed by atoms with Crippen molar-refractivity contribution in [1.82, 2.24) is 9.97 Å². The maximum atomic E-state index is 12.5. The number of carbonyl (C=O) groups is 3. The lowest BCUT2D eigenvalue weighted by molar-refractivity contribution is -0.145. The van der Waals surface area contributed by atoms with Gasteiger partial charge in [0.05, 0.1) is 12.3 Å². The second-order valence-corrected chi connectivity index (χ2v) is 7.57. The Balaban J connectivity index is 1.40. The molecule has 0 saturated carbocycles. The lowest BCUT2D eigenvalue weighted by Crippen LogP contribution is -2.15. The van der Waals surface area contributed by atoms with Gasteiger partial charge in [0, 0.05) is 10.4 Å². The monoisotopic (exact) mass is 426 g/mol. The number of hydrogen-bond donors (Lipinski definition) is 2. The Kier molecular flexibility index (Phi) is 5.57. The number of ether oxygens (including phenoxy) is 1. The number of carbonyl (C=O) groups excluding carboxylic acids is 3. The first-order valence-corrected chi connectivity index (χ1v) is 10.2. The molecule has 0 aliphatic heterocycles. The fourth-order valence-electron chi connectivity index (χ4n) is 3.11. The highest BCUT2D eigenvalue weighted by atomic mass is 32.1. The van der Waals surface area contributed by atoms with Crippen LogP contribution in [0.1, 0.15) is 50.7 Å². The summed E-state index contributed by atoms with van der Waals surface area (Å²) in [6.07, 6.45) is 2.53. The van der Waals surface area contributed by atoms with E-state index in [4.69, 9.17) is 9.15 Å². The second-order valence-electron chi connectivity index (χ2n) is 6.48. The van der Waals surface area contributed by atoms with E-state index in [9.17, 15) is 14.4 Å². The molecule has 1 aliphatic rings. The van der Waals surface area contributed by atoms with Gasteiger partial charge in [0.1, 0.15) is 12.2 Å². The van der Waals surface area contributed by atoms with Gasteiger partial charge in [-0.25, -0.2) is 4.98 Å². The molecular weight excluding hydrogens is 408 g/mol. The molecule has 1 aromatic carbocycles. The molecule has 0 radical (unpaired) electrons. The maximum Gasteiger partial charge on any atom is 0.315 e. The van der Waals surface area contributed by atoms with Crippen LogP contribution in [-0.4, -0.2) is 34.4 Å². The van der Waals surface area contributed by atoms with Gasteiger partial charge in [-0.05, 0) is 31.9 Å². The molecule has 0 spiro atoms. The van der Waals surface area contributed by atoms with Gasteiger partial charge in [-0.15, -0.1) is 11.3 Å². The number of nitrogens with zero attached hydrogens (tertiary/aromatic N) is 2. The standard InChI is InChI=1S/C20H18N4O5S/c1-2-28-18(27)12-8-9-14-15(12)22-20(30-14)24-17(26)13-10-29-19(21-13)23-16(25)11-6-4-3-5-7-11/h3-7,10,12H,2,8-9H2,1H3,(H,21,23,25)(H,22,24,26)/t12-/m1/s1. The Hall–Kier alpha value is -3.53. The third-order valence-electron chi connectivity index (χ3n) is 4.50. The van der Waals surface area contributed by atoms with Crippen molar-refractivity contribution in [2.75, 3.05) is 17.2 Å². The minimum atomic E-state index is -0.529. The molecule has 1 atom stereocenters. The van der Waals surface area contributed by atoms with Crippen LogP contribution in [-0.2, 0) is 16.0 Å². The number of hydrogen-bond acceptors (Lipinski definition) is 8. The molecule has 2 N–H and O–H groups in total. The summed E-state index contributed by atoms with van der Waals surface area (Å²) in [6.45, 7) is 2.07. The topological polar surface area (TPSA) is 123 Å². The number of rotatable bonds is 6. The van der Waals surface area contributed by atoms with Crippen molar-refractivity contribution in [3.05, 3.63) is 58.4 Å². The molecule has 3 aromatic rings. The number of fused-ring (bicyclic) bond motifs is 1. The Morgan fingerprint density at radius 1 is 1.17 bits per heavy atom. The van der Waals surface area contributed by atoms with Crippen molar-refractivity contribution in [3.8, 4) is 0 Å². The van der Waals surface area contributed by atoms with Crippen LogP contribution in [0.4, 0.5) is 11.1 Å². The van der Waals surface area contributed by atoms with Crippen molar-refractivity contribution in [1.29, 1.82) is 0 Å². The Bertz CT molecular complexity index is 1090. The second kappa shape index (κ2) is 8.46. The number of nitrogens with one attached hydrogen (secondary N) is 2. The van der Waals surface area contributed by atoms with E-state index in [1.54, 1.807) is 37.3 Å². The number of aromatic nitrogens is 2. The van der Waals surface area contributed by atoms with E-state index in [0.717, 1.165) is 11.1 Å². The van der Waals surface area contributed by atoms with Crippen LogP contribution in [0.5, 0.6) is 0 Å². The zero-order valence-corrected chi connectivity index (χ0v) is 16.8. The van der Waals surface area contributed by atoms with Crippen molar-refractivity contribution >= 4 is 40.3 Å². The van der Waals surface area contributed by atoms with Gasteiger partial charge in [-0.3, -0.25) is 25.0 Å². The van der Waals surface area contributed by atoms with E-state index in [1.165, 1.54) is 11.3 Å². The number of anilines is 2. The van der Waals surface area contributed by atoms with Gasteiger partial charge in [-0.1, -0.05) is 18.2 Å². The van der Waals surface area contributed by atoms with Crippen LogP contribution in [0.3, 0.4) is 0 Å². The first kappa shape index (κ1) is 19.8. The van der Waals surface area contributed by atoms with Gasteiger partial charge in [-0.2, -0.15) is 4.98 Å². The molecule has 1 aliphatic carbocycles. The molecular formula is C20H18N4O5S. The van der Waals surface area contributed by atoms with Crippen molar-refractivity contribution < 1.29 is 23.5 Å². The number of benzene rings is 1. The van der Waals surface area contributed by atoms with Crippen molar-refractivity contribution in [2.45, 2.75) is 25.7 Å². The lowest BCUT2D eigenvalue weighted by Gasteiger charge is -2.07. The van der Waals surface area contributed by atoms with Crippen LogP contribution in [0.2, 0.25) is 0 Å². The maximum absolute atomic E-state index is 12.5. The quantitative estimate of drug-likeness (QED) is 0.580. The highest BCUT2D eigenvalue weighted by molar-refractivity contribution is 7.16. The normalized spacial score (nSPS) is 14.8. The van der Waals surface area contributed by atoms with Crippen LogP contribution in [0.25, 0.3) is 0 Å². The smallest absolute Gasteiger partial charge is 0.315 e. The average molecular weight is 426 g/mol. The zero-order chi connectivity index (χ0) is 21.1. The molecule has 4 rings (SSSR count). The number of amides is 2. The van der Waals surface area contributed by atoms with E-state index in [2.05, 4.69) is 20.6 Å². The summed E-state index contributed by atoms with van der Waals surface area (Å²) in [6, 6.07) is 8.49. The molecule has 154 valence electrons. The predicted octanol–water partition coefficient (Wildman–Crippen LogP) is 3.23. The van der Waals surface area contributed by atoms with Gasteiger partial charge >= 0.3 is 12.0 Å². The Morgan fingerprint density at radius 2 is 1.97 bits per heavy atom. The fourth-order valence-corrected chi connectivity index (χ4v) is 4.14. The van der Waals surface area contributed by atoms with Crippen LogP contribution in [0, 0.1) is 0 Å². The Morgan fingerprint density at radius 3 is 2.73 bits per heavy atom. The van der Waals surface area contributed by atoms with Crippen LogP contribution < -0.4 is 10.6 Å².